The smallest absolute Gasteiger partial charge is 0.263 e. The van der Waals surface area contributed by atoms with Gasteiger partial charge in [-0.05, 0) is 49.6 Å². The van der Waals surface area contributed by atoms with E-state index in [1.54, 1.807) is 25.3 Å². The molecule has 170 valence electrons. The number of carbonyl (C=O) groups is 1. The van der Waals surface area contributed by atoms with Crippen molar-refractivity contribution in [1.29, 1.82) is 0 Å². The summed E-state index contributed by atoms with van der Waals surface area (Å²) in [5.74, 6) is 0.720. The van der Waals surface area contributed by atoms with Gasteiger partial charge in [-0.2, -0.15) is 0 Å². The topological polar surface area (TPSA) is 82.5 Å². The number of methoxy groups -OCH3 is 2. The number of aryl methyl sites for hydroxylation is 3. The van der Waals surface area contributed by atoms with Crippen molar-refractivity contribution in [3.8, 4) is 22.6 Å². The van der Waals surface area contributed by atoms with Crippen LogP contribution in [0.3, 0.4) is 0 Å². The molecule has 0 aliphatic heterocycles. The van der Waals surface area contributed by atoms with Gasteiger partial charge in [-0.3, -0.25) is 14.2 Å². The highest BCUT2D eigenvalue weighted by Crippen LogP contribution is 2.36. The van der Waals surface area contributed by atoms with Crippen molar-refractivity contribution in [2.24, 2.45) is 0 Å². The molecular formula is C25H25N3O4S. The van der Waals surface area contributed by atoms with E-state index in [-0.39, 0.29) is 18.0 Å². The van der Waals surface area contributed by atoms with Gasteiger partial charge in [-0.25, -0.2) is 4.98 Å². The molecule has 2 aromatic carbocycles. The molecule has 0 saturated carbocycles. The number of thiophene rings is 1. The molecule has 0 spiro atoms. The van der Waals surface area contributed by atoms with Crippen LogP contribution < -0.4 is 20.3 Å². The maximum atomic E-state index is 13.4. The number of hydrogen-bond donors (Lipinski definition) is 1. The fraction of sp³-hybridized carbons (Fsp3) is 0.240. The molecule has 7 nitrogen and oxygen atoms in total. The highest BCUT2D eigenvalue weighted by atomic mass is 32.1. The molecule has 0 unspecified atom stereocenters. The minimum absolute atomic E-state index is 0.168. The summed E-state index contributed by atoms with van der Waals surface area (Å²) in [6.07, 6.45) is 1.43. The summed E-state index contributed by atoms with van der Waals surface area (Å²) in [6, 6.07) is 11.3. The molecule has 1 amide bonds. The lowest BCUT2D eigenvalue weighted by Crippen LogP contribution is -2.28. The Balaban J connectivity index is 1.68. The van der Waals surface area contributed by atoms with Crippen molar-refractivity contribution < 1.29 is 14.3 Å². The molecule has 0 aliphatic carbocycles. The van der Waals surface area contributed by atoms with Crippen LogP contribution in [-0.4, -0.2) is 29.7 Å². The van der Waals surface area contributed by atoms with Crippen LogP contribution in [0.15, 0.2) is 47.5 Å². The van der Waals surface area contributed by atoms with Gasteiger partial charge in [0.2, 0.25) is 5.91 Å². The Kier molecular flexibility index (Phi) is 6.20. The Morgan fingerprint density at radius 3 is 2.55 bits per heavy atom. The van der Waals surface area contributed by atoms with E-state index in [1.807, 2.05) is 13.0 Å². The number of carbonyl (C=O) groups excluding carboxylic acids is 1. The Morgan fingerprint density at radius 2 is 1.85 bits per heavy atom. The van der Waals surface area contributed by atoms with Crippen LogP contribution in [0.25, 0.3) is 21.3 Å². The van der Waals surface area contributed by atoms with E-state index in [2.05, 4.69) is 36.3 Å². The molecule has 0 atom stereocenters. The largest absolute Gasteiger partial charge is 0.497 e. The first-order valence-electron chi connectivity index (χ1n) is 10.4. The van der Waals surface area contributed by atoms with Gasteiger partial charge < -0.3 is 14.8 Å². The normalized spacial score (nSPS) is 10.9. The number of anilines is 1. The minimum Gasteiger partial charge on any atom is -0.497 e. The predicted octanol–water partition coefficient (Wildman–Crippen LogP) is 4.71. The molecule has 0 bridgehead atoms. The van der Waals surface area contributed by atoms with E-state index in [9.17, 15) is 9.59 Å². The predicted molar refractivity (Wildman–Crippen MR) is 132 cm³/mol. The van der Waals surface area contributed by atoms with Crippen LogP contribution in [0.4, 0.5) is 5.69 Å². The number of ether oxygens (including phenoxy) is 2. The third kappa shape index (κ3) is 4.34. The molecule has 0 fully saturated rings. The molecule has 1 N–H and O–H groups in total. The average molecular weight is 464 g/mol. The summed E-state index contributed by atoms with van der Waals surface area (Å²) >= 11 is 1.48. The molecule has 0 aliphatic rings. The van der Waals surface area contributed by atoms with E-state index >= 15 is 0 Å². The molecule has 4 rings (SSSR count). The Bertz CT molecular complexity index is 1420. The summed E-state index contributed by atoms with van der Waals surface area (Å²) < 4.78 is 11.9. The van der Waals surface area contributed by atoms with Gasteiger partial charge in [0.15, 0.2) is 0 Å². The van der Waals surface area contributed by atoms with Crippen LogP contribution in [0, 0.1) is 20.8 Å². The van der Waals surface area contributed by atoms with Gasteiger partial charge in [0, 0.05) is 16.5 Å². The van der Waals surface area contributed by atoms with Crippen molar-refractivity contribution in [3.05, 3.63) is 69.1 Å². The molecule has 2 heterocycles. The van der Waals surface area contributed by atoms with E-state index in [1.165, 1.54) is 34.9 Å². The van der Waals surface area contributed by atoms with Crippen molar-refractivity contribution >= 4 is 33.1 Å². The molecular weight excluding hydrogens is 438 g/mol. The van der Waals surface area contributed by atoms with Gasteiger partial charge in [0.25, 0.3) is 5.56 Å². The molecule has 33 heavy (non-hydrogen) atoms. The van der Waals surface area contributed by atoms with Crippen LogP contribution >= 0.6 is 11.3 Å². The zero-order valence-corrected chi connectivity index (χ0v) is 20.0. The van der Waals surface area contributed by atoms with Crippen LogP contribution in [0.5, 0.6) is 11.5 Å². The van der Waals surface area contributed by atoms with Crippen LogP contribution in [0.2, 0.25) is 0 Å². The fourth-order valence-corrected chi connectivity index (χ4v) is 4.74. The Hall–Kier alpha value is -3.65. The van der Waals surface area contributed by atoms with Crippen LogP contribution in [0.1, 0.15) is 16.0 Å². The number of fused-ring (bicyclic) bond motifs is 1. The zero-order chi connectivity index (χ0) is 23.7. The highest BCUT2D eigenvalue weighted by molar-refractivity contribution is 7.19. The fourth-order valence-electron chi connectivity index (χ4n) is 3.74. The first kappa shape index (κ1) is 22.5. The number of amides is 1. The Labute approximate surface area is 195 Å². The monoisotopic (exact) mass is 463 g/mol. The van der Waals surface area contributed by atoms with Gasteiger partial charge in [-0.15, -0.1) is 11.3 Å². The highest BCUT2D eigenvalue weighted by Gasteiger charge is 2.18. The standard InChI is InChI=1S/C25H25N3O4S/c1-14-6-7-17(10-15(14)2)22-16(3)33-24-23(22)25(30)28(13-26-24)12-21(29)27-19-9-8-18(31-4)11-20(19)32-5/h6-11,13H,12H2,1-5H3,(H,27,29). The third-order valence-electron chi connectivity index (χ3n) is 5.65. The second-order valence-electron chi connectivity index (χ2n) is 7.80. The molecule has 2 aromatic heterocycles. The molecule has 0 radical (unpaired) electrons. The quantitative estimate of drug-likeness (QED) is 0.448. The van der Waals surface area contributed by atoms with Crippen molar-refractivity contribution in [3.63, 3.8) is 0 Å². The maximum absolute atomic E-state index is 13.4. The SMILES string of the molecule is COc1ccc(NC(=O)Cn2cnc3sc(C)c(-c4ccc(C)c(C)c4)c3c2=O)c(OC)c1. The molecule has 8 heteroatoms. The average Bonchev–Trinajstić information content (AvgIpc) is 3.14. The van der Waals surface area contributed by atoms with E-state index in [0.29, 0.717) is 27.4 Å². The number of hydrogen-bond acceptors (Lipinski definition) is 6. The summed E-state index contributed by atoms with van der Waals surface area (Å²) in [7, 11) is 3.07. The lowest BCUT2D eigenvalue weighted by molar-refractivity contribution is -0.116. The summed E-state index contributed by atoms with van der Waals surface area (Å²) in [4.78, 5) is 32.3. The first-order valence-corrected chi connectivity index (χ1v) is 11.2. The zero-order valence-electron chi connectivity index (χ0n) is 19.2. The number of aromatic nitrogens is 2. The van der Waals surface area contributed by atoms with E-state index < -0.39 is 0 Å². The summed E-state index contributed by atoms with van der Waals surface area (Å²) in [5, 5.41) is 3.34. The number of nitrogens with one attached hydrogen (secondary N) is 1. The van der Waals surface area contributed by atoms with E-state index in [4.69, 9.17) is 9.47 Å². The van der Waals surface area contributed by atoms with Crippen molar-refractivity contribution in [2.75, 3.05) is 19.5 Å². The van der Waals surface area contributed by atoms with Gasteiger partial charge in [0.05, 0.1) is 31.6 Å². The van der Waals surface area contributed by atoms with Crippen LogP contribution in [-0.2, 0) is 11.3 Å². The van der Waals surface area contributed by atoms with Crippen molar-refractivity contribution in [1.82, 2.24) is 9.55 Å². The maximum Gasteiger partial charge on any atom is 0.263 e. The minimum atomic E-state index is -0.360. The lowest BCUT2D eigenvalue weighted by atomic mass is 9.99. The van der Waals surface area contributed by atoms with Gasteiger partial charge in [0.1, 0.15) is 22.9 Å². The van der Waals surface area contributed by atoms with Crippen molar-refractivity contribution in [2.45, 2.75) is 27.3 Å². The van der Waals surface area contributed by atoms with Gasteiger partial charge >= 0.3 is 0 Å². The first-order chi connectivity index (χ1) is 15.8. The van der Waals surface area contributed by atoms with Gasteiger partial charge in [-0.1, -0.05) is 18.2 Å². The number of nitrogens with zero attached hydrogens (tertiary/aromatic N) is 2. The third-order valence-corrected chi connectivity index (χ3v) is 6.66. The second-order valence-corrected chi connectivity index (χ2v) is 9.01. The number of rotatable bonds is 6. The van der Waals surface area contributed by atoms with E-state index in [0.717, 1.165) is 21.6 Å². The Morgan fingerprint density at radius 1 is 1.06 bits per heavy atom. The lowest BCUT2D eigenvalue weighted by Gasteiger charge is -2.12. The summed E-state index contributed by atoms with van der Waals surface area (Å²) in [5.41, 5.74) is 4.45. The number of benzene rings is 2. The summed E-state index contributed by atoms with van der Waals surface area (Å²) in [6.45, 7) is 5.93. The second kappa shape index (κ2) is 9.07. The molecule has 0 saturated heterocycles. The molecule has 4 aromatic rings.